The fourth-order valence-corrected chi connectivity index (χ4v) is 2.44. The first-order chi connectivity index (χ1) is 10.8. The summed E-state index contributed by atoms with van der Waals surface area (Å²) < 4.78 is 10.5. The quantitative estimate of drug-likeness (QED) is 0.568. The van der Waals surface area contributed by atoms with E-state index in [2.05, 4.69) is 22.6 Å². The van der Waals surface area contributed by atoms with E-state index >= 15 is 0 Å². The maximum atomic E-state index is 11.6. The fourth-order valence-electron chi connectivity index (χ4n) is 2.44. The lowest BCUT2D eigenvalue weighted by Crippen LogP contribution is -2.39. The molecule has 6 nitrogen and oxygen atoms in total. The van der Waals surface area contributed by atoms with Crippen LogP contribution in [0.1, 0.15) is 46.5 Å². The number of alkyl carbamates (subject to hydrolysis) is 1. The summed E-state index contributed by atoms with van der Waals surface area (Å²) in [5, 5.41) is 6.35. The first-order valence-corrected chi connectivity index (χ1v) is 8.71. The fraction of sp³-hybridized carbons (Fsp3) is 0.941. The third-order valence-electron chi connectivity index (χ3n) is 3.83. The monoisotopic (exact) mass is 329 g/mol. The van der Waals surface area contributed by atoms with Crippen molar-refractivity contribution in [3.05, 3.63) is 0 Å². The highest BCUT2D eigenvalue weighted by molar-refractivity contribution is 5.67. The molecule has 0 bridgehead atoms. The first-order valence-electron chi connectivity index (χ1n) is 8.71. The van der Waals surface area contributed by atoms with Crippen molar-refractivity contribution in [2.24, 2.45) is 0 Å². The van der Waals surface area contributed by atoms with Crippen molar-refractivity contribution in [1.82, 2.24) is 15.5 Å². The van der Waals surface area contributed by atoms with Crippen LogP contribution in [0.25, 0.3) is 0 Å². The Morgan fingerprint density at radius 2 is 2.00 bits per heavy atom. The van der Waals surface area contributed by atoms with Crippen LogP contribution >= 0.6 is 0 Å². The molecule has 1 fully saturated rings. The number of carbonyl (C=O) groups excluding carboxylic acids is 1. The molecule has 1 amide bonds. The van der Waals surface area contributed by atoms with Gasteiger partial charge in [-0.2, -0.15) is 0 Å². The summed E-state index contributed by atoms with van der Waals surface area (Å²) in [5.41, 5.74) is -0.447. The smallest absolute Gasteiger partial charge is 0.407 e. The minimum Gasteiger partial charge on any atom is -0.444 e. The summed E-state index contributed by atoms with van der Waals surface area (Å²) in [6, 6.07) is 1.13. The summed E-state index contributed by atoms with van der Waals surface area (Å²) in [6.07, 6.45) is 4.21. The van der Waals surface area contributed by atoms with Crippen LogP contribution in [0.2, 0.25) is 0 Å². The SMILES string of the molecule is COCC(CCCNC(=O)OC(C)(C)C)NCCN(C)C1CC1. The average molecular weight is 329 g/mol. The number of amides is 1. The molecule has 1 rings (SSSR count). The van der Waals surface area contributed by atoms with Crippen LogP contribution in [0.4, 0.5) is 4.79 Å². The van der Waals surface area contributed by atoms with Crippen molar-refractivity contribution in [1.29, 1.82) is 0 Å². The molecule has 136 valence electrons. The molecule has 1 aliphatic carbocycles. The van der Waals surface area contributed by atoms with Crippen molar-refractivity contribution in [2.45, 2.75) is 64.1 Å². The van der Waals surface area contributed by atoms with E-state index in [0.717, 1.165) is 32.0 Å². The highest BCUT2D eigenvalue weighted by atomic mass is 16.6. The van der Waals surface area contributed by atoms with Crippen LogP contribution in [-0.2, 0) is 9.47 Å². The highest BCUT2D eigenvalue weighted by Crippen LogP contribution is 2.24. The molecule has 2 N–H and O–H groups in total. The summed E-state index contributed by atoms with van der Waals surface area (Å²) in [6.45, 7) is 8.96. The molecule has 0 aromatic carbocycles. The zero-order valence-corrected chi connectivity index (χ0v) is 15.5. The third kappa shape index (κ3) is 10.5. The van der Waals surface area contributed by atoms with E-state index in [9.17, 15) is 4.79 Å². The molecule has 1 unspecified atom stereocenters. The summed E-state index contributed by atoms with van der Waals surface area (Å²) >= 11 is 0. The lowest BCUT2D eigenvalue weighted by Gasteiger charge is -2.22. The number of carbonyl (C=O) groups is 1. The van der Waals surface area contributed by atoms with Gasteiger partial charge in [0.05, 0.1) is 6.61 Å². The molecule has 6 heteroatoms. The minimum atomic E-state index is -0.447. The molecule has 0 spiro atoms. The van der Waals surface area contributed by atoms with Gasteiger partial charge in [0.25, 0.3) is 0 Å². The molecule has 0 saturated heterocycles. The van der Waals surface area contributed by atoms with E-state index in [1.807, 2.05) is 20.8 Å². The molecule has 0 aliphatic heterocycles. The van der Waals surface area contributed by atoms with E-state index in [1.165, 1.54) is 12.8 Å². The number of hydrogen-bond acceptors (Lipinski definition) is 5. The van der Waals surface area contributed by atoms with Crippen molar-refractivity contribution in [2.75, 3.05) is 40.4 Å². The average Bonchev–Trinajstić information content (AvgIpc) is 3.25. The molecular formula is C17H35N3O3. The van der Waals surface area contributed by atoms with Crippen molar-refractivity contribution >= 4 is 6.09 Å². The van der Waals surface area contributed by atoms with Gasteiger partial charge in [-0.1, -0.05) is 0 Å². The largest absolute Gasteiger partial charge is 0.444 e. The van der Waals surface area contributed by atoms with Crippen LogP contribution in [0, 0.1) is 0 Å². The normalized spacial score (nSPS) is 16.4. The van der Waals surface area contributed by atoms with Gasteiger partial charge in [-0.25, -0.2) is 4.79 Å². The Kier molecular flexibility index (Phi) is 8.87. The topological polar surface area (TPSA) is 62.8 Å². The highest BCUT2D eigenvalue weighted by Gasteiger charge is 2.25. The van der Waals surface area contributed by atoms with Gasteiger partial charge in [0.15, 0.2) is 0 Å². The Morgan fingerprint density at radius 1 is 1.30 bits per heavy atom. The Bertz CT molecular complexity index is 340. The summed E-state index contributed by atoms with van der Waals surface area (Å²) in [5.74, 6) is 0. The third-order valence-corrected chi connectivity index (χ3v) is 3.83. The Labute approximate surface area is 141 Å². The molecule has 1 saturated carbocycles. The molecule has 23 heavy (non-hydrogen) atoms. The summed E-state index contributed by atoms with van der Waals surface area (Å²) in [4.78, 5) is 14.0. The number of methoxy groups -OCH3 is 1. The van der Waals surface area contributed by atoms with E-state index < -0.39 is 5.60 Å². The van der Waals surface area contributed by atoms with Crippen molar-refractivity contribution < 1.29 is 14.3 Å². The van der Waals surface area contributed by atoms with Gasteiger partial charge in [0, 0.05) is 38.8 Å². The molecule has 1 atom stereocenters. The molecule has 0 aromatic heterocycles. The molecule has 0 heterocycles. The predicted octanol–water partition coefficient (Wildman–Crippen LogP) is 1.99. The Hall–Kier alpha value is -0.850. The second-order valence-electron chi connectivity index (χ2n) is 7.39. The van der Waals surface area contributed by atoms with Gasteiger partial charge in [-0.3, -0.25) is 0 Å². The number of likely N-dealkylation sites (N-methyl/N-ethyl adjacent to an activating group) is 1. The number of nitrogens with zero attached hydrogens (tertiary/aromatic N) is 1. The van der Waals surface area contributed by atoms with E-state index in [1.54, 1.807) is 7.11 Å². The Balaban J connectivity index is 2.10. The first kappa shape index (κ1) is 20.2. The van der Waals surface area contributed by atoms with Gasteiger partial charge in [-0.15, -0.1) is 0 Å². The maximum Gasteiger partial charge on any atom is 0.407 e. The molecule has 0 radical (unpaired) electrons. The second kappa shape index (κ2) is 10.1. The minimum absolute atomic E-state index is 0.327. The van der Waals surface area contributed by atoms with Crippen molar-refractivity contribution in [3.8, 4) is 0 Å². The van der Waals surface area contributed by atoms with Crippen LogP contribution in [0.15, 0.2) is 0 Å². The van der Waals surface area contributed by atoms with Gasteiger partial charge >= 0.3 is 6.09 Å². The van der Waals surface area contributed by atoms with Crippen molar-refractivity contribution in [3.63, 3.8) is 0 Å². The zero-order valence-electron chi connectivity index (χ0n) is 15.5. The number of hydrogen-bond donors (Lipinski definition) is 2. The van der Waals surface area contributed by atoms with Crippen LogP contribution in [0.5, 0.6) is 0 Å². The van der Waals surface area contributed by atoms with Gasteiger partial charge < -0.3 is 25.0 Å². The Morgan fingerprint density at radius 3 is 2.57 bits per heavy atom. The molecular weight excluding hydrogens is 294 g/mol. The lowest BCUT2D eigenvalue weighted by atomic mass is 10.1. The number of nitrogens with one attached hydrogen (secondary N) is 2. The lowest BCUT2D eigenvalue weighted by molar-refractivity contribution is 0.0526. The van der Waals surface area contributed by atoms with Gasteiger partial charge in [-0.05, 0) is 53.5 Å². The second-order valence-corrected chi connectivity index (χ2v) is 7.39. The molecule has 1 aliphatic rings. The van der Waals surface area contributed by atoms with Crippen LogP contribution in [-0.4, -0.2) is 69.1 Å². The van der Waals surface area contributed by atoms with Crippen LogP contribution < -0.4 is 10.6 Å². The molecule has 0 aromatic rings. The van der Waals surface area contributed by atoms with Gasteiger partial charge in [0.1, 0.15) is 5.60 Å². The summed E-state index contributed by atoms with van der Waals surface area (Å²) in [7, 11) is 3.92. The number of ether oxygens (including phenoxy) is 2. The van der Waals surface area contributed by atoms with E-state index in [-0.39, 0.29) is 6.09 Å². The standard InChI is InChI=1S/C17H35N3O3/c1-17(2,3)23-16(21)19-10-6-7-14(13-22-5)18-11-12-20(4)15-8-9-15/h14-15,18H,6-13H2,1-5H3,(H,19,21). The zero-order chi connectivity index (χ0) is 17.3. The number of rotatable bonds is 11. The maximum absolute atomic E-state index is 11.6. The van der Waals surface area contributed by atoms with Gasteiger partial charge in [0.2, 0.25) is 0 Å². The predicted molar refractivity (Wildman–Crippen MR) is 92.8 cm³/mol. The van der Waals surface area contributed by atoms with E-state index in [0.29, 0.717) is 19.2 Å². The van der Waals surface area contributed by atoms with E-state index in [4.69, 9.17) is 9.47 Å². The van der Waals surface area contributed by atoms with Crippen LogP contribution in [0.3, 0.4) is 0 Å².